The first-order valence-corrected chi connectivity index (χ1v) is 8.19. The van der Waals surface area contributed by atoms with Gasteiger partial charge in [-0.15, -0.1) is 0 Å². The number of aliphatic hydroxyl groups is 1. The number of carbonyl (C=O) groups is 2. The van der Waals surface area contributed by atoms with E-state index in [2.05, 4.69) is 6.92 Å². The normalized spacial score (nSPS) is 45.4. The second-order valence-corrected chi connectivity index (χ2v) is 7.55. The van der Waals surface area contributed by atoms with Crippen LogP contribution in [0.25, 0.3) is 0 Å². The number of hydrogen-bond donors (Lipinski definition) is 1. The fraction of sp³-hybridized carbons (Fsp3) is 0.667. The van der Waals surface area contributed by atoms with Gasteiger partial charge in [0.2, 0.25) is 11.6 Å². The highest BCUT2D eigenvalue weighted by molar-refractivity contribution is 6.46. The summed E-state index contributed by atoms with van der Waals surface area (Å²) in [5.41, 5.74) is 2.31. The van der Waals surface area contributed by atoms with E-state index in [1.165, 1.54) is 0 Å². The van der Waals surface area contributed by atoms with Crippen LogP contribution in [-0.2, 0) is 9.59 Å². The van der Waals surface area contributed by atoms with Crippen molar-refractivity contribution in [1.82, 2.24) is 0 Å². The maximum atomic E-state index is 11.8. The molecule has 0 radical (unpaired) electrons. The molecule has 4 aliphatic rings. The lowest BCUT2D eigenvalue weighted by Crippen LogP contribution is -2.45. The summed E-state index contributed by atoms with van der Waals surface area (Å²) in [6.07, 6.45) is 9.14. The van der Waals surface area contributed by atoms with Gasteiger partial charge in [0.15, 0.2) is 0 Å². The molecule has 0 aromatic rings. The molecular weight excluding hydrogens is 264 g/mol. The molecule has 0 aromatic heterocycles. The van der Waals surface area contributed by atoms with Crippen molar-refractivity contribution < 1.29 is 14.7 Å². The van der Waals surface area contributed by atoms with Crippen LogP contribution in [0.5, 0.6) is 0 Å². The SMILES string of the molecule is C[C@]12CC[C@H]3C4=CC(=O)C(=O)C=C4CC[C@@H]3[C@H]1CC[C@@H]2O. The van der Waals surface area contributed by atoms with E-state index in [9.17, 15) is 14.7 Å². The van der Waals surface area contributed by atoms with Gasteiger partial charge < -0.3 is 5.11 Å². The van der Waals surface area contributed by atoms with Gasteiger partial charge in [-0.05, 0) is 85.0 Å². The molecule has 0 saturated heterocycles. The van der Waals surface area contributed by atoms with Crippen molar-refractivity contribution in [3.63, 3.8) is 0 Å². The van der Waals surface area contributed by atoms with Gasteiger partial charge in [-0.2, -0.15) is 0 Å². The second-order valence-electron chi connectivity index (χ2n) is 7.55. The molecule has 4 rings (SSSR count). The maximum absolute atomic E-state index is 11.8. The first-order valence-electron chi connectivity index (χ1n) is 8.19. The minimum absolute atomic E-state index is 0.0669. The maximum Gasteiger partial charge on any atom is 0.226 e. The van der Waals surface area contributed by atoms with Crippen molar-refractivity contribution in [2.75, 3.05) is 0 Å². The Morgan fingerprint density at radius 3 is 2.67 bits per heavy atom. The summed E-state index contributed by atoms with van der Waals surface area (Å²) in [5.74, 6) is 0.857. The monoisotopic (exact) mass is 286 g/mol. The predicted molar refractivity (Wildman–Crippen MR) is 78.5 cm³/mol. The highest BCUT2D eigenvalue weighted by Gasteiger charge is 2.55. The number of allylic oxidation sites excluding steroid dienone is 4. The van der Waals surface area contributed by atoms with E-state index in [4.69, 9.17) is 0 Å². The van der Waals surface area contributed by atoms with Crippen LogP contribution in [0.2, 0.25) is 0 Å². The van der Waals surface area contributed by atoms with Gasteiger partial charge in [0, 0.05) is 0 Å². The Kier molecular flexibility index (Phi) is 2.81. The summed E-state index contributed by atoms with van der Waals surface area (Å²) in [4.78, 5) is 23.3. The van der Waals surface area contributed by atoms with Gasteiger partial charge in [-0.25, -0.2) is 0 Å². The third-order valence-electron chi connectivity index (χ3n) is 6.74. The first kappa shape index (κ1) is 13.4. The van der Waals surface area contributed by atoms with Gasteiger partial charge in [0.1, 0.15) is 0 Å². The van der Waals surface area contributed by atoms with Gasteiger partial charge in [-0.1, -0.05) is 6.92 Å². The Labute approximate surface area is 125 Å². The molecule has 3 fully saturated rings. The van der Waals surface area contributed by atoms with Crippen LogP contribution in [0.4, 0.5) is 0 Å². The molecule has 3 heteroatoms. The Hall–Kier alpha value is -1.22. The molecule has 0 amide bonds. The summed E-state index contributed by atoms with van der Waals surface area (Å²) in [5, 5.41) is 10.4. The lowest BCUT2D eigenvalue weighted by atomic mass is 9.54. The molecule has 3 saturated carbocycles. The molecule has 5 atom stereocenters. The molecular formula is C18H22O3. The highest BCUT2D eigenvalue weighted by atomic mass is 16.3. The van der Waals surface area contributed by atoms with Crippen LogP contribution >= 0.6 is 0 Å². The number of rotatable bonds is 0. The largest absolute Gasteiger partial charge is 0.393 e. The van der Waals surface area contributed by atoms with E-state index in [0.29, 0.717) is 17.8 Å². The molecule has 0 bridgehead atoms. The fourth-order valence-corrected chi connectivity index (χ4v) is 5.55. The molecule has 0 aliphatic heterocycles. The standard InChI is InChI=1S/C18H22O3/c1-18-7-6-11-12(14(18)4-5-17(18)21)3-2-10-8-15(19)16(20)9-13(10)11/h8-9,11-12,14,17,21H,2-7H2,1H3/t11-,12+,14-,17+,18+/m1/s1. The number of hydrogen-bond acceptors (Lipinski definition) is 3. The highest BCUT2D eigenvalue weighted by Crippen LogP contribution is 2.60. The topological polar surface area (TPSA) is 54.4 Å². The molecule has 112 valence electrons. The van der Waals surface area contributed by atoms with Crippen LogP contribution in [0.1, 0.15) is 45.4 Å². The quantitative estimate of drug-likeness (QED) is 0.550. The van der Waals surface area contributed by atoms with E-state index < -0.39 is 0 Å². The minimum Gasteiger partial charge on any atom is -0.393 e. The second kappa shape index (κ2) is 4.39. The van der Waals surface area contributed by atoms with Gasteiger partial charge in [0.25, 0.3) is 0 Å². The van der Waals surface area contributed by atoms with E-state index in [-0.39, 0.29) is 23.1 Å². The summed E-state index contributed by atoms with van der Waals surface area (Å²) in [6.45, 7) is 2.25. The Balaban J connectivity index is 1.69. The molecule has 4 aliphatic carbocycles. The van der Waals surface area contributed by atoms with E-state index in [0.717, 1.165) is 49.7 Å². The Morgan fingerprint density at radius 2 is 1.86 bits per heavy atom. The van der Waals surface area contributed by atoms with Crippen LogP contribution in [0, 0.1) is 23.2 Å². The van der Waals surface area contributed by atoms with Gasteiger partial charge in [-0.3, -0.25) is 9.59 Å². The van der Waals surface area contributed by atoms with Crippen LogP contribution in [0.3, 0.4) is 0 Å². The number of carbonyl (C=O) groups excluding carboxylic acids is 2. The Bertz CT molecular complexity index is 585. The zero-order chi connectivity index (χ0) is 14.8. The van der Waals surface area contributed by atoms with Gasteiger partial charge >= 0.3 is 0 Å². The molecule has 0 aromatic carbocycles. The first-order chi connectivity index (χ1) is 10.0. The van der Waals surface area contributed by atoms with E-state index >= 15 is 0 Å². The molecule has 0 spiro atoms. The predicted octanol–water partition coefficient (Wildman–Crippen LogP) is 2.59. The molecule has 0 unspecified atom stereocenters. The number of ketones is 2. The average molecular weight is 286 g/mol. The van der Waals surface area contributed by atoms with Crippen molar-refractivity contribution >= 4 is 11.6 Å². The zero-order valence-electron chi connectivity index (χ0n) is 12.5. The summed E-state index contributed by atoms with van der Waals surface area (Å²) in [7, 11) is 0. The molecule has 1 N–H and O–H groups in total. The van der Waals surface area contributed by atoms with Crippen LogP contribution < -0.4 is 0 Å². The lowest BCUT2D eigenvalue weighted by molar-refractivity contribution is -0.131. The van der Waals surface area contributed by atoms with Crippen LogP contribution in [0.15, 0.2) is 23.3 Å². The van der Waals surface area contributed by atoms with Crippen molar-refractivity contribution in [2.24, 2.45) is 23.2 Å². The third-order valence-corrected chi connectivity index (χ3v) is 6.74. The fourth-order valence-electron chi connectivity index (χ4n) is 5.55. The van der Waals surface area contributed by atoms with E-state index in [1.54, 1.807) is 12.2 Å². The number of aliphatic hydroxyl groups excluding tert-OH is 1. The van der Waals surface area contributed by atoms with E-state index in [1.807, 2.05) is 0 Å². The minimum atomic E-state index is -0.357. The van der Waals surface area contributed by atoms with Crippen molar-refractivity contribution in [2.45, 2.75) is 51.6 Å². The van der Waals surface area contributed by atoms with Gasteiger partial charge in [0.05, 0.1) is 6.10 Å². The molecule has 3 nitrogen and oxygen atoms in total. The Morgan fingerprint density at radius 1 is 1.10 bits per heavy atom. The lowest BCUT2D eigenvalue weighted by Gasteiger charge is -2.51. The average Bonchev–Trinajstić information content (AvgIpc) is 2.76. The summed E-state index contributed by atoms with van der Waals surface area (Å²) < 4.78 is 0. The summed E-state index contributed by atoms with van der Waals surface area (Å²) >= 11 is 0. The zero-order valence-corrected chi connectivity index (χ0v) is 12.5. The molecule has 21 heavy (non-hydrogen) atoms. The summed E-state index contributed by atoms with van der Waals surface area (Å²) in [6, 6.07) is 0. The van der Waals surface area contributed by atoms with Crippen molar-refractivity contribution in [1.29, 1.82) is 0 Å². The van der Waals surface area contributed by atoms with Crippen LogP contribution in [-0.4, -0.2) is 22.8 Å². The van der Waals surface area contributed by atoms with Crippen molar-refractivity contribution in [3.05, 3.63) is 23.3 Å². The van der Waals surface area contributed by atoms with Crippen molar-refractivity contribution in [3.8, 4) is 0 Å². The third kappa shape index (κ3) is 1.76. The smallest absolute Gasteiger partial charge is 0.226 e. The molecule has 0 heterocycles. The number of fused-ring (bicyclic) bond motifs is 5.